The van der Waals surface area contributed by atoms with Crippen molar-refractivity contribution in [3.8, 4) is 5.75 Å². The molecule has 0 aliphatic carbocycles. The quantitative estimate of drug-likeness (QED) is 0.341. The number of nitrogens with zero attached hydrogens (tertiary/aromatic N) is 1. The van der Waals surface area contributed by atoms with E-state index in [4.69, 9.17) is 4.74 Å². The Bertz CT molecular complexity index is 871. The summed E-state index contributed by atoms with van der Waals surface area (Å²) in [4.78, 5) is 33.3. The molecule has 2 rings (SSSR count). The van der Waals surface area contributed by atoms with Crippen molar-refractivity contribution >= 4 is 17.8 Å². The number of nitro groups is 1. The Balaban J connectivity index is 2.36. The summed E-state index contributed by atoms with van der Waals surface area (Å²) in [7, 11) is 0. The molecule has 0 radical (unpaired) electrons. The van der Waals surface area contributed by atoms with Crippen LogP contribution in [0.1, 0.15) is 49.9 Å². The Labute approximate surface area is 145 Å². The number of benzene rings is 2. The van der Waals surface area contributed by atoms with Gasteiger partial charge in [-0.3, -0.25) is 19.7 Å². The highest BCUT2D eigenvalue weighted by atomic mass is 16.6. The number of aryl methyl sites for hydroxylation is 2. The molecule has 0 aromatic heterocycles. The monoisotopic (exact) mass is 341 g/mol. The Morgan fingerprint density at radius 2 is 1.88 bits per heavy atom. The third-order valence-electron chi connectivity index (χ3n) is 4.19. The van der Waals surface area contributed by atoms with E-state index in [1.165, 1.54) is 25.1 Å². The van der Waals surface area contributed by atoms with Crippen LogP contribution in [-0.4, -0.2) is 17.0 Å². The van der Waals surface area contributed by atoms with E-state index >= 15 is 0 Å². The van der Waals surface area contributed by atoms with Gasteiger partial charge in [0.15, 0.2) is 12.1 Å². The molecule has 0 saturated carbocycles. The molecule has 130 valence electrons. The summed E-state index contributed by atoms with van der Waals surface area (Å²) >= 11 is 0. The van der Waals surface area contributed by atoms with Gasteiger partial charge in [-0.2, -0.15) is 0 Å². The summed E-state index contributed by atoms with van der Waals surface area (Å²) in [5.41, 5.74) is 4.22. The molecule has 6 nitrogen and oxygen atoms in total. The SMILES string of the molecule is CC(=O)c1c(C)cc(C)c(COc2ccc([N+](=O)[O-])cc2C=O)c1C. The van der Waals surface area contributed by atoms with Crippen LogP contribution in [0.15, 0.2) is 24.3 Å². The molecule has 0 fully saturated rings. The van der Waals surface area contributed by atoms with Crippen LogP contribution in [0.25, 0.3) is 0 Å². The highest BCUT2D eigenvalue weighted by molar-refractivity contribution is 5.97. The molecule has 0 aliphatic heterocycles. The largest absolute Gasteiger partial charge is 0.488 e. The maximum atomic E-state index is 11.9. The van der Waals surface area contributed by atoms with E-state index in [0.29, 0.717) is 11.8 Å². The Morgan fingerprint density at radius 1 is 1.20 bits per heavy atom. The van der Waals surface area contributed by atoms with Gasteiger partial charge in [0, 0.05) is 17.7 Å². The second-order valence-corrected chi connectivity index (χ2v) is 5.93. The second-order valence-electron chi connectivity index (χ2n) is 5.93. The highest BCUT2D eigenvalue weighted by Gasteiger charge is 2.16. The van der Waals surface area contributed by atoms with Crippen molar-refractivity contribution in [2.24, 2.45) is 0 Å². The molecular formula is C19H19NO5. The zero-order valence-corrected chi connectivity index (χ0v) is 14.6. The van der Waals surface area contributed by atoms with Gasteiger partial charge in [-0.25, -0.2) is 0 Å². The Morgan fingerprint density at radius 3 is 2.44 bits per heavy atom. The van der Waals surface area contributed by atoms with Crippen LogP contribution >= 0.6 is 0 Å². The van der Waals surface area contributed by atoms with Gasteiger partial charge in [0.1, 0.15) is 12.4 Å². The first-order valence-corrected chi connectivity index (χ1v) is 7.73. The first-order valence-electron chi connectivity index (χ1n) is 7.73. The molecule has 0 N–H and O–H groups in total. The average Bonchev–Trinajstić information content (AvgIpc) is 2.53. The molecule has 0 aliphatic rings. The first-order chi connectivity index (χ1) is 11.8. The molecule has 2 aromatic carbocycles. The number of carbonyl (C=O) groups is 2. The Hall–Kier alpha value is -3.02. The van der Waals surface area contributed by atoms with E-state index in [1.807, 2.05) is 26.8 Å². The maximum absolute atomic E-state index is 11.9. The predicted octanol–water partition coefficient (Wildman–Crippen LogP) is 4.11. The predicted molar refractivity (Wildman–Crippen MR) is 93.5 cm³/mol. The van der Waals surface area contributed by atoms with Crippen molar-refractivity contribution in [3.63, 3.8) is 0 Å². The van der Waals surface area contributed by atoms with Crippen LogP contribution in [0.4, 0.5) is 5.69 Å². The molecule has 6 heteroatoms. The molecule has 0 atom stereocenters. The number of aldehydes is 1. The van der Waals surface area contributed by atoms with Gasteiger partial charge >= 0.3 is 0 Å². The number of nitro benzene ring substituents is 1. The van der Waals surface area contributed by atoms with Crippen molar-refractivity contribution < 1.29 is 19.2 Å². The minimum absolute atomic E-state index is 0.0137. The van der Waals surface area contributed by atoms with Gasteiger partial charge < -0.3 is 4.74 Å². The molecule has 0 unspecified atom stereocenters. The van der Waals surface area contributed by atoms with Crippen LogP contribution in [0.3, 0.4) is 0 Å². The molecular weight excluding hydrogens is 322 g/mol. The fourth-order valence-electron chi connectivity index (χ4n) is 3.01. The van der Waals surface area contributed by atoms with Crippen LogP contribution < -0.4 is 4.74 Å². The zero-order valence-electron chi connectivity index (χ0n) is 14.6. The smallest absolute Gasteiger partial charge is 0.270 e. The van der Waals surface area contributed by atoms with Crippen LogP contribution in [0.5, 0.6) is 5.75 Å². The normalized spacial score (nSPS) is 10.4. The van der Waals surface area contributed by atoms with Gasteiger partial charge in [0.05, 0.1) is 10.5 Å². The third-order valence-corrected chi connectivity index (χ3v) is 4.19. The van der Waals surface area contributed by atoms with E-state index in [0.717, 1.165) is 22.3 Å². The standard InChI is InChI=1S/C19H19NO5/c1-11-7-12(2)19(14(4)22)13(3)17(11)10-25-18-6-5-16(20(23)24)8-15(18)9-21/h5-9H,10H2,1-4H3. The molecule has 0 saturated heterocycles. The summed E-state index contributed by atoms with van der Waals surface area (Å²) in [6, 6.07) is 5.81. The maximum Gasteiger partial charge on any atom is 0.270 e. The lowest BCUT2D eigenvalue weighted by Crippen LogP contribution is -2.09. The van der Waals surface area contributed by atoms with Crippen molar-refractivity contribution in [3.05, 3.63) is 67.8 Å². The van der Waals surface area contributed by atoms with E-state index < -0.39 is 4.92 Å². The molecule has 0 bridgehead atoms. The zero-order chi connectivity index (χ0) is 18.7. The topological polar surface area (TPSA) is 86.5 Å². The average molecular weight is 341 g/mol. The van der Waals surface area contributed by atoms with Gasteiger partial charge in [0.2, 0.25) is 0 Å². The van der Waals surface area contributed by atoms with Gasteiger partial charge in [-0.1, -0.05) is 6.07 Å². The summed E-state index contributed by atoms with van der Waals surface area (Å²) in [6.45, 7) is 7.38. The number of hydrogen-bond acceptors (Lipinski definition) is 5. The van der Waals surface area contributed by atoms with Gasteiger partial charge in [-0.15, -0.1) is 0 Å². The second kappa shape index (κ2) is 7.25. The summed E-state index contributed by atoms with van der Waals surface area (Å²) in [5, 5.41) is 10.8. The summed E-state index contributed by atoms with van der Waals surface area (Å²) in [6.07, 6.45) is 0.526. The minimum atomic E-state index is -0.565. The number of hydrogen-bond donors (Lipinski definition) is 0. The van der Waals surface area contributed by atoms with Gasteiger partial charge in [-0.05, 0) is 56.0 Å². The lowest BCUT2D eigenvalue weighted by atomic mass is 9.92. The van der Waals surface area contributed by atoms with E-state index in [2.05, 4.69) is 0 Å². The minimum Gasteiger partial charge on any atom is -0.488 e. The molecule has 0 heterocycles. The fourth-order valence-corrected chi connectivity index (χ4v) is 3.01. The fraction of sp³-hybridized carbons (Fsp3) is 0.263. The van der Waals surface area contributed by atoms with Crippen LogP contribution in [-0.2, 0) is 6.61 Å². The van der Waals surface area contributed by atoms with Crippen molar-refractivity contribution in [1.82, 2.24) is 0 Å². The number of ketones is 1. The number of non-ortho nitro benzene ring substituents is 1. The molecule has 25 heavy (non-hydrogen) atoms. The number of Topliss-reactive ketones (excluding diaryl/α,β-unsaturated/α-hetero) is 1. The molecule has 0 spiro atoms. The van der Waals surface area contributed by atoms with Crippen LogP contribution in [0, 0.1) is 30.9 Å². The van der Waals surface area contributed by atoms with Crippen molar-refractivity contribution in [1.29, 1.82) is 0 Å². The number of ether oxygens (including phenoxy) is 1. The van der Waals surface area contributed by atoms with E-state index in [-0.39, 0.29) is 29.4 Å². The first kappa shape index (κ1) is 18.3. The molecule has 0 amide bonds. The van der Waals surface area contributed by atoms with Crippen molar-refractivity contribution in [2.45, 2.75) is 34.3 Å². The lowest BCUT2D eigenvalue weighted by molar-refractivity contribution is -0.384. The van der Waals surface area contributed by atoms with Crippen molar-refractivity contribution in [2.75, 3.05) is 0 Å². The van der Waals surface area contributed by atoms with Crippen LogP contribution in [0.2, 0.25) is 0 Å². The molecule has 2 aromatic rings. The summed E-state index contributed by atoms with van der Waals surface area (Å²) in [5.74, 6) is 0.254. The Kier molecular flexibility index (Phi) is 5.32. The number of carbonyl (C=O) groups excluding carboxylic acids is 2. The van der Waals surface area contributed by atoms with Gasteiger partial charge in [0.25, 0.3) is 5.69 Å². The number of rotatable bonds is 6. The van der Waals surface area contributed by atoms with E-state index in [9.17, 15) is 19.7 Å². The van der Waals surface area contributed by atoms with E-state index in [1.54, 1.807) is 0 Å². The summed E-state index contributed by atoms with van der Waals surface area (Å²) < 4.78 is 5.72. The lowest BCUT2D eigenvalue weighted by Gasteiger charge is -2.17. The third kappa shape index (κ3) is 3.74. The highest BCUT2D eigenvalue weighted by Crippen LogP contribution is 2.27.